The van der Waals surface area contributed by atoms with E-state index in [0.29, 0.717) is 19.3 Å². The molecule has 2 heterocycles. The molecule has 1 aliphatic heterocycles. The molecule has 5 nitrogen and oxygen atoms in total. The number of nitrogens with zero attached hydrogens (tertiary/aromatic N) is 2. The van der Waals surface area contributed by atoms with Gasteiger partial charge in [-0.05, 0) is 35.8 Å². The van der Waals surface area contributed by atoms with E-state index in [1.165, 1.54) is 5.69 Å². The monoisotopic (exact) mass is 345 g/mol. The van der Waals surface area contributed by atoms with Crippen molar-refractivity contribution in [3.8, 4) is 0 Å². The third-order valence-corrected chi connectivity index (χ3v) is 4.58. The predicted octanol–water partition coefficient (Wildman–Crippen LogP) is 2.16. The van der Waals surface area contributed by atoms with Crippen molar-refractivity contribution in [1.82, 2.24) is 15.1 Å². The Bertz CT molecular complexity index is 430. The summed E-state index contributed by atoms with van der Waals surface area (Å²) >= 11 is 3.64. The maximum absolute atomic E-state index is 5.57. The van der Waals surface area contributed by atoms with E-state index in [9.17, 15) is 0 Å². The molecule has 2 rings (SSSR count). The van der Waals surface area contributed by atoms with Crippen LogP contribution in [0, 0.1) is 6.92 Å². The van der Waals surface area contributed by atoms with Crippen molar-refractivity contribution in [3.63, 3.8) is 0 Å². The Balaban J connectivity index is 2.01. The first-order valence-corrected chi connectivity index (χ1v) is 8.05. The maximum Gasteiger partial charge on any atom is 0.159 e. The zero-order valence-electron chi connectivity index (χ0n) is 12.5. The molecule has 114 valence electrons. The Morgan fingerprint density at radius 1 is 1.45 bits per heavy atom. The van der Waals surface area contributed by atoms with Gasteiger partial charge in [0.05, 0.1) is 29.1 Å². The zero-order chi connectivity index (χ0) is 14.5. The molecule has 1 aliphatic rings. The van der Waals surface area contributed by atoms with Crippen molar-refractivity contribution < 1.29 is 9.47 Å². The number of rotatable bonds is 7. The van der Waals surface area contributed by atoms with Crippen LogP contribution in [0.15, 0.2) is 4.47 Å². The van der Waals surface area contributed by atoms with E-state index < -0.39 is 0 Å². The maximum atomic E-state index is 5.57. The van der Waals surface area contributed by atoms with Crippen LogP contribution in [0.25, 0.3) is 0 Å². The lowest BCUT2D eigenvalue weighted by Gasteiger charge is -2.21. The first-order chi connectivity index (χ1) is 9.61. The Hall–Kier alpha value is -0.430. The quantitative estimate of drug-likeness (QED) is 0.822. The molecular formula is C14H24BrN3O2. The van der Waals surface area contributed by atoms with Gasteiger partial charge in [-0.25, -0.2) is 0 Å². The highest BCUT2D eigenvalue weighted by molar-refractivity contribution is 9.10. The fraction of sp³-hybridized carbons (Fsp3) is 0.786. The van der Waals surface area contributed by atoms with E-state index in [2.05, 4.69) is 33.3 Å². The standard InChI is InChI=1S/C14H24BrN3O2/c1-4-5-16-11(9-13-19-6-7-20-13)8-12-14(15)10(2)17-18(12)3/h11,13,16H,4-9H2,1-3H3. The molecule has 20 heavy (non-hydrogen) atoms. The van der Waals surface area contributed by atoms with Crippen LogP contribution in [0.2, 0.25) is 0 Å². The average Bonchev–Trinajstić information content (AvgIpc) is 3.00. The van der Waals surface area contributed by atoms with Gasteiger partial charge in [-0.3, -0.25) is 4.68 Å². The molecule has 1 atom stereocenters. The second-order valence-electron chi connectivity index (χ2n) is 5.23. The summed E-state index contributed by atoms with van der Waals surface area (Å²) in [7, 11) is 1.99. The molecule has 0 saturated carbocycles. The highest BCUT2D eigenvalue weighted by Gasteiger charge is 2.23. The summed E-state index contributed by atoms with van der Waals surface area (Å²) in [5.74, 6) is 0. The van der Waals surface area contributed by atoms with Gasteiger partial charge in [0.1, 0.15) is 0 Å². The van der Waals surface area contributed by atoms with E-state index in [1.807, 2.05) is 18.7 Å². The molecule has 0 spiro atoms. The molecule has 0 bridgehead atoms. The molecule has 0 amide bonds. The highest BCUT2D eigenvalue weighted by Crippen LogP contribution is 2.23. The summed E-state index contributed by atoms with van der Waals surface area (Å²) in [4.78, 5) is 0. The molecule has 1 unspecified atom stereocenters. The fourth-order valence-electron chi connectivity index (χ4n) is 2.50. The van der Waals surface area contributed by atoms with Gasteiger partial charge in [0.25, 0.3) is 0 Å². The van der Waals surface area contributed by atoms with Gasteiger partial charge >= 0.3 is 0 Å². The lowest BCUT2D eigenvalue weighted by Crippen LogP contribution is -2.36. The molecular weight excluding hydrogens is 322 g/mol. The number of hydrogen-bond acceptors (Lipinski definition) is 4. The third kappa shape index (κ3) is 4.04. The molecule has 1 N–H and O–H groups in total. The van der Waals surface area contributed by atoms with Gasteiger partial charge in [-0.1, -0.05) is 6.92 Å². The fourth-order valence-corrected chi connectivity index (χ4v) is 3.00. The van der Waals surface area contributed by atoms with Crippen molar-refractivity contribution in [1.29, 1.82) is 0 Å². The number of hydrogen-bond donors (Lipinski definition) is 1. The van der Waals surface area contributed by atoms with E-state index in [-0.39, 0.29) is 6.29 Å². The molecule has 1 saturated heterocycles. The Morgan fingerprint density at radius 3 is 2.70 bits per heavy atom. The molecule has 0 aromatic carbocycles. The third-order valence-electron chi connectivity index (χ3n) is 3.55. The smallest absolute Gasteiger partial charge is 0.159 e. The second kappa shape index (κ2) is 7.54. The van der Waals surface area contributed by atoms with Crippen molar-refractivity contribution >= 4 is 15.9 Å². The molecule has 1 aromatic rings. The zero-order valence-corrected chi connectivity index (χ0v) is 14.1. The summed E-state index contributed by atoms with van der Waals surface area (Å²) in [5.41, 5.74) is 2.25. The van der Waals surface area contributed by atoms with Crippen LogP contribution in [0.1, 0.15) is 31.2 Å². The predicted molar refractivity (Wildman–Crippen MR) is 81.7 cm³/mol. The lowest BCUT2D eigenvalue weighted by atomic mass is 10.1. The Morgan fingerprint density at radius 2 is 2.15 bits per heavy atom. The van der Waals surface area contributed by atoms with Gasteiger partial charge in [0.2, 0.25) is 0 Å². The molecule has 0 radical (unpaired) electrons. The minimum Gasteiger partial charge on any atom is -0.350 e. The number of halogens is 1. The minimum absolute atomic E-state index is 0.0718. The average molecular weight is 346 g/mol. The van der Waals surface area contributed by atoms with Crippen LogP contribution < -0.4 is 5.32 Å². The van der Waals surface area contributed by atoms with Gasteiger partial charge in [0, 0.05) is 25.9 Å². The SMILES string of the molecule is CCCNC(Cc1c(Br)c(C)nn1C)CC1OCCO1. The van der Waals surface area contributed by atoms with Gasteiger partial charge in [0.15, 0.2) is 6.29 Å². The van der Waals surface area contributed by atoms with Crippen LogP contribution in [-0.4, -0.2) is 41.9 Å². The summed E-state index contributed by atoms with van der Waals surface area (Å²) in [5, 5.41) is 8.04. The number of aryl methyl sites for hydroxylation is 2. The second-order valence-corrected chi connectivity index (χ2v) is 6.02. The summed E-state index contributed by atoms with van der Waals surface area (Å²) in [6.45, 7) is 6.62. The van der Waals surface area contributed by atoms with Crippen LogP contribution in [0.5, 0.6) is 0 Å². The Labute approximate surface area is 129 Å². The van der Waals surface area contributed by atoms with Crippen molar-refractivity contribution in [2.24, 2.45) is 7.05 Å². The lowest BCUT2D eigenvalue weighted by molar-refractivity contribution is -0.0527. The summed E-state index contributed by atoms with van der Waals surface area (Å²) in [6.07, 6.45) is 2.84. The van der Waals surface area contributed by atoms with Crippen LogP contribution in [0.4, 0.5) is 0 Å². The van der Waals surface area contributed by atoms with Gasteiger partial charge in [-0.15, -0.1) is 0 Å². The Kier molecular flexibility index (Phi) is 6.01. The van der Waals surface area contributed by atoms with Crippen LogP contribution in [0.3, 0.4) is 0 Å². The van der Waals surface area contributed by atoms with Crippen molar-refractivity contribution in [2.45, 2.75) is 45.4 Å². The number of aromatic nitrogens is 2. The molecule has 6 heteroatoms. The van der Waals surface area contributed by atoms with E-state index in [4.69, 9.17) is 9.47 Å². The first-order valence-electron chi connectivity index (χ1n) is 7.26. The van der Waals surface area contributed by atoms with Crippen LogP contribution >= 0.6 is 15.9 Å². The van der Waals surface area contributed by atoms with E-state index >= 15 is 0 Å². The normalized spacial score (nSPS) is 17.8. The summed E-state index contributed by atoms with van der Waals surface area (Å²) in [6, 6.07) is 0.337. The topological polar surface area (TPSA) is 48.3 Å². The first kappa shape index (κ1) is 15.9. The van der Waals surface area contributed by atoms with Gasteiger partial charge < -0.3 is 14.8 Å². The molecule has 1 fully saturated rings. The van der Waals surface area contributed by atoms with Gasteiger partial charge in [-0.2, -0.15) is 5.10 Å². The molecule has 0 aliphatic carbocycles. The van der Waals surface area contributed by atoms with E-state index in [0.717, 1.165) is 36.0 Å². The molecule has 1 aromatic heterocycles. The largest absolute Gasteiger partial charge is 0.350 e. The van der Waals surface area contributed by atoms with Crippen LogP contribution in [-0.2, 0) is 22.9 Å². The number of ether oxygens (including phenoxy) is 2. The summed E-state index contributed by atoms with van der Waals surface area (Å²) < 4.78 is 14.2. The minimum atomic E-state index is -0.0718. The van der Waals surface area contributed by atoms with Crippen molar-refractivity contribution in [2.75, 3.05) is 19.8 Å². The van der Waals surface area contributed by atoms with E-state index in [1.54, 1.807) is 0 Å². The number of nitrogens with one attached hydrogen (secondary N) is 1. The van der Waals surface area contributed by atoms with Crippen molar-refractivity contribution in [3.05, 3.63) is 15.9 Å². The highest BCUT2D eigenvalue weighted by atomic mass is 79.9.